The number of ether oxygens (including phenoxy) is 2. The van der Waals surface area contributed by atoms with Crippen LogP contribution in [0, 0.1) is 6.92 Å². The lowest BCUT2D eigenvalue weighted by Gasteiger charge is -2.31. The Morgan fingerprint density at radius 1 is 1.00 bits per heavy atom. The van der Waals surface area contributed by atoms with Crippen molar-refractivity contribution >= 4 is 28.6 Å². The minimum Gasteiger partial charge on any atom is -0.457 e. The minimum absolute atomic E-state index is 0.0882. The topological polar surface area (TPSA) is 114 Å². The summed E-state index contributed by atoms with van der Waals surface area (Å²) in [7, 11) is 1.76. The largest absolute Gasteiger partial charge is 0.457 e. The van der Waals surface area contributed by atoms with Crippen molar-refractivity contribution in [3.8, 4) is 11.5 Å². The molecule has 1 aromatic carbocycles. The Hall–Kier alpha value is -4.81. The maximum atomic E-state index is 12.9. The van der Waals surface area contributed by atoms with Crippen LogP contribution in [0.3, 0.4) is 0 Å². The third-order valence-corrected chi connectivity index (χ3v) is 8.84. The molecule has 6 heterocycles. The number of carbonyl (C=O) groups is 1. The number of aryl methyl sites for hydroxylation is 1. The summed E-state index contributed by atoms with van der Waals surface area (Å²) in [5, 5.41) is 12.1. The van der Waals surface area contributed by atoms with Crippen molar-refractivity contribution in [1.29, 1.82) is 0 Å². The van der Waals surface area contributed by atoms with Gasteiger partial charge in [0, 0.05) is 70.1 Å². The number of likely N-dealkylation sites (tertiary alicyclic amines) is 2. The van der Waals surface area contributed by atoms with E-state index < -0.39 is 0 Å². The van der Waals surface area contributed by atoms with Gasteiger partial charge in [-0.25, -0.2) is 19.0 Å². The number of hydrogen-bond acceptors (Lipinski definition) is 9. The normalized spacial score (nSPS) is 18.0. The van der Waals surface area contributed by atoms with E-state index in [0.717, 1.165) is 86.0 Å². The van der Waals surface area contributed by atoms with E-state index >= 15 is 0 Å². The van der Waals surface area contributed by atoms with E-state index in [4.69, 9.17) is 9.47 Å². The summed E-state index contributed by atoms with van der Waals surface area (Å²) in [5.74, 6) is 2.60. The second kappa shape index (κ2) is 12.7. The highest BCUT2D eigenvalue weighted by atomic mass is 16.5. The van der Waals surface area contributed by atoms with E-state index in [1.165, 1.54) is 11.9 Å². The molecule has 2 aliphatic heterocycles. The molecule has 5 aromatic rings. The van der Waals surface area contributed by atoms with Crippen LogP contribution in [0.15, 0.2) is 73.6 Å². The monoisotopic (exact) mass is 607 g/mol. The second-order valence-corrected chi connectivity index (χ2v) is 11.7. The number of hydrogen-bond donors (Lipinski definition) is 1. The molecular formula is C33H37N9O3. The first kappa shape index (κ1) is 28.9. The summed E-state index contributed by atoms with van der Waals surface area (Å²) in [4.78, 5) is 26.0. The zero-order valence-corrected chi connectivity index (χ0v) is 25.5. The summed E-state index contributed by atoms with van der Waals surface area (Å²) in [5.41, 5.74) is 4.76. The smallest absolute Gasteiger partial charge is 0.246 e. The first-order valence-corrected chi connectivity index (χ1v) is 15.4. The summed E-state index contributed by atoms with van der Waals surface area (Å²) in [6.45, 7) is 6.18. The second-order valence-electron chi connectivity index (χ2n) is 11.7. The van der Waals surface area contributed by atoms with Crippen molar-refractivity contribution in [3.63, 3.8) is 0 Å². The number of carbonyl (C=O) groups excluding carboxylic acids is 1. The lowest BCUT2D eigenvalue weighted by molar-refractivity contribution is -0.127. The van der Waals surface area contributed by atoms with Gasteiger partial charge in [0.15, 0.2) is 11.5 Å². The quantitative estimate of drug-likeness (QED) is 0.240. The number of amides is 1. The van der Waals surface area contributed by atoms with E-state index in [9.17, 15) is 4.79 Å². The predicted octanol–water partition coefficient (Wildman–Crippen LogP) is 4.60. The fraction of sp³-hybridized carbons (Fsp3) is 0.364. The molecule has 12 heteroatoms. The summed E-state index contributed by atoms with van der Waals surface area (Å²) in [6, 6.07) is 11.8. The van der Waals surface area contributed by atoms with Gasteiger partial charge in [0.05, 0.1) is 6.10 Å². The van der Waals surface area contributed by atoms with Crippen molar-refractivity contribution in [2.24, 2.45) is 0 Å². The number of aromatic nitrogens is 6. The zero-order valence-electron chi connectivity index (χ0n) is 25.5. The Labute approximate surface area is 261 Å². The summed E-state index contributed by atoms with van der Waals surface area (Å²) in [6.07, 6.45) is 13.7. The Kier molecular flexibility index (Phi) is 8.14. The zero-order chi connectivity index (χ0) is 30.8. The van der Waals surface area contributed by atoms with Crippen LogP contribution < -0.4 is 10.1 Å². The van der Waals surface area contributed by atoms with E-state index in [1.54, 1.807) is 24.0 Å². The van der Waals surface area contributed by atoms with E-state index in [0.29, 0.717) is 17.8 Å². The highest BCUT2D eigenvalue weighted by Crippen LogP contribution is 2.35. The van der Waals surface area contributed by atoms with Crippen LogP contribution in [-0.2, 0) is 9.53 Å². The number of nitrogens with one attached hydrogen (secondary N) is 1. The van der Waals surface area contributed by atoms with Crippen LogP contribution in [0.25, 0.3) is 11.2 Å². The van der Waals surface area contributed by atoms with Gasteiger partial charge in [-0.05, 0) is 73.6 Å². The summed E-state index contributed by atoms with van der Waals surface area (Å²) < 4.78 is 15.2. The Morgan fingerprint density at radius 3 is 2.64 bits per heavy atom. The van der Waals surface area contributed by atoms with Crippen molar-refractivity contribution in [3.05, 3.63) is 84.7 Å². The number of benzene rings is 1. The van der Waals surface area contributed by atoms with E-state index in [-0.39, 0.29) is 5.91 Å². The van der Waals surface area contributed by atoms with Gasteiger partial charge in [0.25, 0.3) is 0 Å². The number of rotatable bonds is 9. The fourth-order valence-corrected chi connectivity index (χ4v) is 6.34. The van der Waals surface area contributed by atoms with Crippen LogP contribution in [0.5, 0.6) is 11.5 Å². The average Bonchev–Trinajstić information content (AvgIpc) is 3.82. The molecule has 232 valence electrons. The van der Waals surface area contributed by atoms with Crippen LogP contribution in [-0.4, -0.2) is 90.8 Å². The molecule has 2 saturated heterocycles. The first-order valence-electron chi connectivity index (χ1n) is 15.4. The number of fused-ring (bicyclic) bond motifs is 2. The fourth-order valence-electron chi connectivity index (χ4n) is 6.34. The molecule has 0 saturated carbocycles. The average molecular weight is 608 g/mol. The maximum absolute atomic E-state index is 12.9. The van der Waals surface area contributed by atoms with Gasteiger partial charge in [0.1, 0.15) is 29.7 Å². The van der Waals surface area contributed by atoms with Crippen molar-refractivity contribution in [1.82, 2.24) is 39.0 Å². The number of pyridine rings is 1. The minimum atomic E-state index is 0.0882. The highest BCUT2D eigenvalue weighted by Gasteiger charge is 2.26. The van der Waals surface area contributed by atoms with E-state index in [2.05, 4.69) is 36.4 Å². The van der Waals surface area contributed by atoms with Crippen LogP contribution in [0.4, 0.5) is 11.5 Å². The number of nitrogens with zero attached hydrogens (tertiary/aromatic N) is 8. The highest BCUT2D eigenvalue weighted by molar-refractivity contribution is 5.87. The number of piperidine rings is 1. The van der Waals surface area contributed by atoms with Gasteiger partial charge < -0.3 is 19.7 Å². The number of anilines is 2. The first-order chi connectivity index (χ1) is 22.0. The molecule has 12 nitrogen and oxygen atoms in total. The molecule has 45 heavy (non-hydrogen) atoms. The molecule has 7 rings (SSSR count). The molecule has 2 fully saturated rings. The lowest BCUT2D eigenvalue weighted by Crippen LogP contribution is -2.37. The van der Waals surface area contributed by atoms with Crippen molar-refractivity contribution in [2.45, 2.75) is 38.2 Å². The molecule has 1 atom stereocenters. The molecule has 4 aromatic heterocycles. The lowest BCUT2D eigenvalue weighted by atomic mass is 9.90. The molecule has 1 amide bonds. The number of methoxy groups -OCH3 is 1. The summed E-state index contributed by atoms with van der Waals surface area (Å²) >= 11 is 0. The molecule has 0 spiro atoms. The van der Waals surface area contributed by atoms with Crippen LogP contribution >= 0.6 is 0 Å². The molecule has 1 N–H and O–H groups in total. The molecular weight excluding hydrogens is 570 g/mol. The van der Waals surface area contributed by atoms with Crippen LogP contribution in [0.1, 0.15) is 36.3 Å². The van der Waals surface area contributed by atoms with Gasteiger partial charge in [-0.3, -0.25) is 9.69 Å². The molecule has 2 aliphatic rings. The Morgan fingerprint density at radius 2 is 1.82 bits per heavy atom. The molecule has 0 radical (unpaired) electrons. The Bertz CT molecular complexity index is 1840. The third kappa shape index (κ3) is 6.24. The molecule has 1 unspecified atom stereocenters. The SMILES string of the molecule is COC1CCN(C/C=C/C(=O)N2CCC(c3ccn4ncnc(Nc5ccc(Oc6ccn7ncnc7c6)c(C)c5)c34)CC2)C1. The van der Waals surface area contributed by atoms with Gasteiger partial charge in [-0.15, -0.1) is 0 Å². The predicted molar refractivity (Wildman–Crippen MR) is 170 cm³/mol. The van der Waals surface area contributed by atoms with Crippen molar-refractivity contribution in [2.75, 3.05) is 45.2 Å². The maximum Gasteiger partial charge on any atom is 0.246 e. The molecule has 0 bridgehead atoms. The van der Waals surface area contributed by atoms with Gasteiger partial charge in [-0.2, -0.15) is 10.2 Å². The van der Waals surface area contributed by atoms with Gasteiger partial charge >= 0.3 is 0 Å². The van der Waals surface area contributed by atoms with E-state index in [1.807, 2.05) is 65.1 Å². The Balaban J connectivity index is 0.998. The van der Waals surface area contributed by atoms with Gasteiger partial charge in [-0.1, -0.05) is 6.08 Å². The molecule has 0 aliphatic carbocycles. The van der Waals surface area contributed by atoms with Gasteiger partial charge in [0.2, 0.25) is 5.91 Å². The standard InChI is InChI=1S/C33H37N9O3/c1-23-18-25(5-6-29(23)45-26-10-16-41-30(19-26)34-21-36-41)38-33-32-28(11-17-42(32)37-22-35-33)24-7-14-40(15-8-24)31(43)4-3-12-39-13-9-27(20-39)44-2/h3-6,10-11,16-19,21-22,24,27H,7-9,12-15,20H2,1-2H3,(H,35,37,38)/b4-3+. The van der Waals surface area contributed by atoms with Crippen LogP contribution in [0.2, 0.25) is 0 Å². The third-order valence-electron chi connectivity index (χ3n) is 8.84. The van der Waals surface area contributed by atoms with Crippen molar-refractivity contribution < 1.29 is 14.3 Å².